The van der Waals surface area contributed by atoms with Gasteiger partial charge in [0.05, 0.1) is 11.2 Å². The summed E-state index contributed by atoms with van der Waals surface area (Å²) in [5.41, 5.74) is 5.09. The number of rotatable bonds is 4. The summed E-state index contributed by atoms with van der Waals surface area (Å²) in [5, 5.41) is 4.30. The first kappa shape index (κ1) is 23.4. The van der Waals surface area contributed by atoms with Crippen molar-refractivity contribution in [2.24, 2.45) is 0 Å². The third-order valence-corrected chi connectivity index (χ3v) is 6.79. The first-order valence-electron chi connectivity index (χ1n) is 11.9. The molecule has 0 bridgehead atoms. The van der Waals surface area contributed by atoms with Gasteiger partial charge in [-0.2, -0.15) is 4.98 Å². The highest BCUT2D eigenvalue weighted by molar-refractivity contribution is 6.28. The molecule has 0 saturated heterocycles. The zero-order chi connectivity index (χ0) is 24.8. The molecular formula is C28H29ClN4O2. The number of aryl methyl sites for hydroxylation is 1. The van der Waals surface area contributed by atoms with Gasteiger partial charge in [0.25, 0.3) is 0 Å². The number of ether oxygens (including phenoxy) is 1. The Morgan fingerprint density at radius 3 is 2.37 bits per heavy atom. The molecule has 0 unspecified atom stereocenters. The SMILES string of the molecule is Cc1c(-c2ccccc2)n(-c2ccc(C3(NC(=O)OC(C)(C)C)CCC3)cc2)c2nc(Cl)ncc12. The Bertz CT molecular complexity index is 1380. The van der Waals surface area contributed by atoms with Gasteiger partial charge in [-0.15, -0.1) is 0 Å². The van der Waals surface area contributed by atoms with Crippen molar-refractivity contribution in [3.05, 3.63) is 77.2 Å². The lowest BCUT2D eigenvalue weighted by atomic mass is 9.72. The summed E-state index contributed by atoms with van der Waals surface area (Å²) in [7, 11) is 0. The lowest BCUT2D eigenvalue weighted by molar-refractivity contribution is 0.0377. The van der Waals surface area contributed by atoms with Crippen molar-refractivity contribution in [3.8, 4) is 16.9 Å². The summed E-state index contributed by atoms with van der Waals surface area (Å²) >= 11 is 6.20. The van der Waals surface area contributed by atoms with Crippen LogP contribution in [0.25, 0.3) is 28.0 Å². The molecule has 180 valence electrons. The van der Waals surface area contributed by atoms with E-state index in [9.17, 15) is 4.79 Å². The summed E-state index contributed by atoms with van der Waals surface area (Å²) in [6.07, 6.45) is 4.23. The molecule has 0 spiro atoms. The summed E-state index contributed by atoms with van der Waals surface area (Å²) in [6.45, 7) is 7.70. The van der Waals surface area contributed by atoms with Crippen molar-refractivity contribution in [3.63, 3.8) is 0 Å². The normalized spacial score (nSPS) is 15.0. The second kappa shape index (κ2) is 8.68. The number of benzene rings is 2. The first-order valence-corrected chi connectivity index (χ1v) is 12.3. The number of nitrogens with zero attached hydrogens (tertiary/aromatic N) is 3. The largest absolute Gasteiger partial charge is 0.444 e. The lowest BCUT2D eigenvalue weighted by Crippen LogP contribution is -2.52. The minimum atomic E-state index is -0.539. The molecule has 1 N–H and O–H groups in total. The van der Waals surface area contributed by atoms with Gasteiger partial charge in [-0.25, -0.2) is 9.78 Å². The lowest BCUT2D eigenvalue weighted by Gasteiger charge is -2.43. The molecule has 0 atom stereocenters. The Hall–Kier alpha value is -3.38. The number of hydrogen-bond acceptors (Lipinski definition) is 4. The van der Waals surface area contributed by atoms with Gasteiger partial charge in [0, 0.05) is 17.3 Å². The van der Waals surface area contributed by atoms with Gasteiger partial charge in [0.1, 0.15) is 11.2 Å². The molecule has 1 fully saturated rings. The number of carbonyl (C=O) groups excluding carboxylic acids is 1. The fourth-order valence-electron chi connectivity index (χ4n) is 4.83. The fourth-order valence-corrected chi connectivity index (χ4v) is 4.95. The summed E-state index contributed by atoms with van der Waals surface area (Å²) in [5.74, 6) is 0. The zero-order valence-electron chi connectivity index (χ0n) is 20.4. The van der Waals surface area contributed by atoms with E-state index in [1.54, 1.807) is 6.20 Å². The molecule has 1 aliphatic carbocycles. The van der Waals surface area contributed by atoms with Gasteiger partial charge in [-0.3, -0.25) is 4.57 Å². The molecule has 1 aliphatic rings. The van der Waals surface area contributed by atoms with Crippen molar-refractivity contribution in [2.45, 2.75) is 58.1 Å². The van der Waals surface area contributed by atoms with Crippen molar-refractivity contribution in [1.29, 1.82) is 0 Å². The Kier molecular flexibility index (Phi) is 5.80. The highest BCUT2D eigenvalue weighted by Crippen LogP contribution is 2.42. The average molecular weight is 489 g/mol. The van der Waals surface area contributed by atoms with Crippen molar-refractivity contribution < 1.29 is 9.53 Å². The minimum absolute atomic E-state index is 0.211. The maximum atomic E-state index is 12.5. The standard InChI is InChI=1S/C28H29ClN4O2/c1-18-22-17-30-25(29)31-24(22)33(23(18)19-9-6-5-7-10-19)21-13-11-20(12-14-21)28(15-8-16-28)32-26(34)35-27(2,3)4/h5-7,9-14,17H,8,15-16H2,1-4H3,(H,32,34). The van der Waals surface area contributed by atoms with Crippen LogP contribution in [0.4, 0.5) is 4.79 Å². The monoisotopic (exact) mass is 488 g/mol. The van der Waals surface area contributed by atoms with E-state index in [-0.39, 0.29) is 11.4 Å². The molecular weight excluding hydrogens is 460 g/mol. The number of fused-ring (bicyclic) bond motifs is 1. The number of nitrogens with one attached hydrogen (secondary N) is 1. The van der Waals surface area contributed by atoms with Crippen molar-refractivity contribution in [1.82, 2.24) is 19.9 Å². The summed E-state index contributed by atoms with van der Waals surface area (Å²) in [6, 6.07) is 18.6. The van der Waals surface area contributed by atoms with Gasteiger partial charge in [-0.05, 0) is 87.4 Å². The molecule has 1 amide bonds. The molecule has 0 radical (unpaired) electrons. The fraction of sp³-hybridized carbons (Fsp3) is 0.321. The van der Waals surface area contributed by atoms with Crippen LogP contribution in [-0.2, 0) is 10.3 Å². The van der Waals surface area contributed by atoms with Crippen LogP contribution in [0.5, 0.6) is 0 Å². The van der Waals surface area contributed by atoms with E-state index in [0.29, 0.717) is 0 Å². The van der Waals surface area contributed by atoms with E-state index >= 15 is 0 Å². The minimum Gasteiger partial charge on any atom is -0.444 e. The van der Waals surface area contributed by atoms with Gasteiger partial charge in [0.2, 0.25) is 5.28 Å². The third kappa shape index (κ3) is 4.39. The Balaban J connectivity index is 1.57. The molecule has 2 heterocycles. The van der Waals surface area contributed by atoms with Crippen LogP contribution in [0.2, 0.25) is 5.28 Å². The van der Waals surface area contributed by atoms with Gasteiger partial charge in [0.15, 0.2) is 0 Å². The van der Waals surface area contributed by atoms with E-state index in [1.807, 2.05) is 39.0 Å². The van der Waals surface area contributed by atoms with Crippen molar-refractivity contribution >= 4 is 28.7 Å². The van der Waals surface area contributed by atoms with Gasteiger partial charge in [-0.1, -0.05) is 42.5 Å². The van der Waals surface area contributed by atoms with E-state index in [4.69, 9.17) is 16.3 Å². The highest BCUT2D eigenvalue weighted by Gasteiger charge is 2.41. The molecule has 6 nitrogen and oxygen atoms in total. The van der Waals surface area contributed by atoms with Crippen LogP contribution in [0.3, 0.4) is 0 Å². The van der Waals surface area contributed by atoms with Gasteiger partial charge >= 0.3 is 6.09 Å². The van der Waals surface area contributed by atoms with E-state index in [2.05, 4.69) is 63.2 Å². The molecule has 7 heteroatoms. The maximum absolute atomic E-state index is 12.5. The first-order chi connectivity index (χ1) is 16.7. The molecule has 4 aromatic rings. The Labute approximate surface area is 210 Å². The second-order valence-electron chi connectivity index (χ2n) is 10.2. The predicted molar refractivity (Wildman–Crippen MR) is 139 cm³/mol. The maximum Gasteiger partial charge on any atom is 0.408 e. The quantitative estimate of drug-likeness (QED) is 0.315. The van der Waals surface area contributed by atoms with E-state index < -0.39 is 11.1 Å². The van der Waals surface area contributed by atoms with E-state index in [0.717, 1.165) is 58.4 Å². The molecule has 35 heavy (non-hydrogen) atoms. The van der Waals surface area contributed by atoms with Crippen LogP contribution < -0.4 is 5.32 Å². The zero-order valence-corrected chi connectivity index (χ0v) is 21.2. The van der Waals surface area contributed by atoms with Crippen LogP contribution in [0.1, 0.15) is 51.2 Å². The molecule has 2 aromatic carbocycles. The number of halogens is 1. The molecule has 2 aromatic heterocycles. The van der Waals surface area contributed by atoms with Crippen LogP contribution in [0.15, 0.2) is 60.8 Å². The van der Waals surface area contributed by atoms with E-state index in [1.165, 1.54) is 0 Å². The van der Waals surface area contributed by atoms with Gasteiger partial charge < -0.3 is 10.1 Å². The highest BCUT2D eigenvalue weighted by atomic mass is 35.5. The molecule has 0 aliphatic heterocycles. The topological polar surface area (TPSA) is 69.0 Å². The number of alkyl carbamates (subject to hydrolysis) is 1. The predicted octanol–water partition coefficient (Wildman–Crippen LogP) is 6.95. The van der Waals surface area contributed by atoms with Crippen LogP contribution >= 0.6 is 11.6 Å². The number of aromatic nitrogens is 3. The third-order valence-electron chi connectivity index (χ3n) is 6.61. The average Bonchev–Trinajstić information content (AvgIpc) is 3.07. The molecule has 1 saturated carbocycles. The molecule has 5 rings (SSSR count). The summed E-state index contributed by atoms with van der Waals surface area (Å²) < 4.78 is 7.66. The van der Waals surface area contributed by atoms with Crippen molar-refractivity contribution in [2.75, 3.05) is 0 Å². The number of hydrogen-bond donors (Lipinski definition) is 1. The van der Waals surface area contributed by atoms with Crippen LogP contribution in [-0.4, -0.2) is 26.2 Å². The number of amides is 1. The summed E-state index contributed by atoms with van der Waals surface area (Å²) in [4.78, 5) is 21.3. The van der Waals surface area contributed by atoms with Crippen LogP contribution in [0, 0.1) is 6.92 Å². The smallest absolute Gasteiger partial charge is 0.408 e. The Morgan fingerprint density at radius 1 is 1.09 bits per heavy atom. The second-order valence-corrected chi connectivity index (χ2v) is 10.5. The number of carbonyl (C=O) groups is 1. The Morgan fingerprint density at radius 2 is 1.77 bits per heavy atom.